The van der Waals surface area contributed by atoms with Gasteiger partial charge >= 0.3 is 0 Å². The third-order valence-corrected chi connectivity index (χ3v) is 3.32. The number of aromatic nitrogens is 2. The largest absolute Gasteiger partial charge is 0.469 e. The first-order chi connectivity index (χ1) is 10.1. The van der Waals surface area contributed by atoms with E-state index in [1.165, 1.54) is 10.9 Å². The van der Waals surface area contributed by atoms with Gasteiger partial charge in [0, 0.05) is 12.5 Å². The second-order valence-corrected chi connectivity index (χ2v) is 5.11. The molecule has 2 aromatic heterocycles. The molecule has 0 aromatic carbocycles. The summed E-state index contributed by atoms with van der Waals surface area (Å²) in [6.07, 6.45) is 9.86. The highest BCUT2D eigenvalue weighted by atomic mass is 35.5. The minimum atomic E-state index is -0.315. The summed E-state index contributed by atoms with van der Waals surface area (Å²) in [6.45, 7) is 2.09. The number of halogens is 1. The number of nitrogens with one attached hydrogen (secondary N) is 1. The summed E-state index contributed by atoms with van der Waals surface area (Å²) in [4.78, 5) is 12.2. The monoisotopic (exact) mass is 305 g/mol. The van der Waals surface area contributed by atoms with E-state index in [1.807, 2.05) is 19.1 Å². The maximum atomic E-state index is 12.2. The van der Waals surface area contributed by atoms with E-state index in [4.69, 9.17) is 22.4 Å². The predicted octanol–water partition coefficient (Wildman–Crippen LogP) is 2.56. The van der Waals surface area contributed by atoms with Gasteiger partial charge in [-0.25, -0.2) is 4.68 Å². The zero-order chi connectivity index (χ0) is 15.2. The van der Waals surface area contributed by atoms with Crippen LogP contribution in [0.4, 0.5) is 5.69 Å². The van der Waals surface area contributed by atoms with Crippen molar-refractivity contribution in [2.75, 3.05) is 5.32 Å². The Labute approximate surface area is 127 Å². The zero-order valence-corrected chi connectivity index (χ0v) is 12.4. The lowest BCUT2D eigenvalue weighted by Crippen LogP contribution is -2.29. The van der Waals surface area contributed by atoms with Crippen molar-refractivity contribution in [2.24, 2.45) is 0 Å². The Hall–Kier alpha value is -2.19. The number of anilines is 1. The third kappa shape index (κ3) is 3.89. The number of furan rings is 1. The van der Waals surface area contributed by atoms with E-state index in [9.17, 15) is 4.79 Å². The molecule has 1 N–H and O–H groups in total. The molecule has 0 saturated carbocycles. The number of terminal acetylenes is 1. The minimum Gasteiger partial charge on any atom is -0.469 e. The summed E-state index contributed by atoms with van der Waals surface area (Å²) in [5.41, 5.74) is 0.0131. The number of nitrogens with zero attached hydrogens (tertiary/aromatic N) is 2. The van der Waals surface area contributed by atoms with Crippen LogP contribution in [0.3, 0.4) is 0 Å². The Morgan fingerprint density at radius 1 is 1.62 bits per heavy atom. The minimum absolute atomic E-state index is 0.0574. The van der Waals surface area contributed by atoms with Crippen LogP contribution in [0.1, 0.15) is 19.1 Å². The van der Waals surface area contributed by atoms with Gasteiger partial charge in [-0.1, -0.05) is 17.5 Å². The first kappa shape index (κ1) is 15.2. The maximum Gasteiger partial charge on any atom is 0.292 e. The maximum absolute atomic E-state index is 12.2. The smallest absolute Gasteiger partial charge is 0.292 e. The average Bonchev–Trinajstić information content (AvgIpc) is 2.98. The van der Waals surface area contributed by atoms with Gasteiger partial charge in [-0.15, -0.1) is 6.42 Å². The molecule has 0 aliphatic rings. The standard InChI is InChI=1S/C15H16ClN3O2/c1-3-8-19-15(20)14(13(16)10-17-19)18-11(2)6-7-12-5-4-9-21-12/h1,4-5,9-11,18H,6-8H2,2H3. The highest BCUT2D eigenvalue weighted by molar-refractivity contribution is 6.33. The molecule has 5 nitrogen and oxygen atoms in total. The van der Waals surface area contributed by atoms with E-state index in [0.717, 1.165) is 18.6 Å². The average molecular weight is 306 g/mol. The van der Waals surface area contributed by atoms with Gasteiger partial charge in [-0.05, 0) is 25.5 Å². The molecule has 2 rings (SSSR count). The Kier molecular flexibility index (Phi) is 5.07. The third-order valence-electron chi connectivity index (χ3n) is 3.03. The molecule has 2 heterocycles. The fraction of sp³-hybridized carbons (Fsp3) is 0.333. The molecule has 6 heteroatoms. The lowest BCUT2D eigenvalue weighted by Gasteiger charge is -2.15. The predicted molar refractivity (Wildman–Crippen MR) is 82.5 cm³/mol. The molecule has 0 bridgehead atoms. The van der Waals surface area contributed by atoms with Crippen LogP contribution >= 0.6 is 11.6 Å². The summed E-state index contributed by atoms with van der Waals surface area (Å²) in [6, 6.07) is 3.83. The van der Waals surface area contributed by atoms with Crippen molar-refractivity contribution in [3.05, 3.63) is 45.7 Å². The van der Waals surface area contributed by atoms with Gasteiger partial charge in [-0.2, -0.15) is 5.10 Å². The van der Waals surface area contributed by atoms with E-state index in [0.29, 0.717) is 5.69 Å². The van der Waals surface area contributed by atoms with E-state index in [-0.39, 0.29) is 23.2 Å². The molecular weight excluding hydrogens is 290 g/mol. The van der Waals surface area contributed by atoms with Crippen LogP contribution in [0, 0.1) is 12.3 Å². The number of rotatable bonds is 6. The lowest BCUT2D eigenvalue weighted by atomic mass is 10.1. The summed E-state index contributed by atoms with van der Waals surface area (Å²) >= 11 is 6.04. The summed E-state index contributed by atoms with van der Waals surface area (Å²) in [7, 11) is 0. The molecule has 0 saturated heterocycles. The number of aryl methyl sites for hydroxylation is 1. The van der Waals surface area contributed by atoms with Crippen molar-refractivity contribution in [3.63, 3.8) is 0 Å². The van der Waals surface area contributed by atoms with Crippen LogP contribution in [0.25, 0.3) is 0 Å². The summed E-state index contributed by atoms with van der Waals surface area (Å²) in [5, 5.41) is 7.31. The molecule has 0 aliphatic carbocycles. The van der Waals surface area contributed by atoms with Crippen LogP contribution in [-0.2, 0) is 13.0 Å². The van der Waals surface area contributed by atoms with Crippen LogP contribution in [-0.4, -0.2) is 15.8 Å². The summed E-state index contributed by atoms with van der Waals surface area (Å²) in [5.74, 6) is 3.30. The van der Waals surface area contributed by atoms with Gasteiger partial charge in [0.05, 0.1) is 17.5 Å². The first-order valence-electron chi connectivity index (χ1n) is 6.60. The van der Waals surface area contributed by atoms with Crippen molar-refractivity contribution in [1.29, 1.82) is 0 Å². The van der Waals surface area contributed by atoms with Crippen LogP contribution in [0.2, 0.25) is 5.02 Å². The molecule has 0 aliphatic heterocycles. The van der Waals surface area contributed by atoms with Gasteiger partial charge in [-0.3, -0.25) is 4.79 Å². The van der Waals surface area contributed by atoms with Crippen molar-refractivity contribution in [2.45, 2.75) is 32.4 Å². The van der Waals surface area contributed by atoms with E-state index < -0.39 is 0 Å². The molecule has 21 heavy (non-hydrogen) atoms. The Morgan fingerprint density at radius 2 is 2.43 bits per heavy atom. The SMILES string of the molecule is C#CCn1ncc(Cl)c(NC(C)CCc2ccco2)c1=O. The highest BCUT2D eigenvalue weighted by Gasteiger charge is 2.12. The van der Waals surface area contributed by atoms with E-state index >= 15 is 0 Å². The molecule has 0 amide bonds. The zero-order valence-electron chi connectivity index (χ0n) is 11.7. The summed E-state index contributed by atoms with van der Waals surface area (Å²) < 4.78 is 6.48. The second-order valence-electron chi connectivity index (χ2n) is 4.70. The Morgan fingerprint density at radius 3 is 3.10 bits per heavy atom. The molecule has 0 spiro atoms. The molecule has 2 aromatic rings. The van der Waals surface area contributed by atoms with Gasteiger partial charge in [0.1, 0.15) is 18.0 Å². The Bertz CT molecular complexity index is 686. The van der Waals surface area contributed by atoms with Gasteiger partial charge in [0.2, 0.25) is 0 Å². The molecule has 1 unspecified atom stereocenters. The number of hydrogen-bond acceptors (Lipinski definition) is 4. The van der Waals surface area contributed by atoms with Gasteiger partial charge in [0.25, 0.3) is 5.56 Å². The highest BCUT2D eigenvalue weighted by Crippen LogP contribution is 2.17. The number of hydrogen-bond donors (Lipinski definition) is 1. The van der Waals surface area contributed by atoms with E-state index in [2.05, 4.69) is 16.3 Å². The first-order valence-corrected chi connectivity index (χ1v) is 6.97. The van der Waals surface area contributed by atoms with Crippen LogP contribution < -0.4 is 10.9 Å². The van der Waals surface area contributed by atoms with Gasteiger partial charge in [0.15, 0.2) is 0 Å². The van der Waals surface area contributed by atoms with Gasteiger partial charge < -0.3 is 9.73 Å². The fourth-order valence-corrected chi connectivity index (χ4v) is 2.11. The quantitative estimate of drug-likeness (QED) is 0.833. The topological polar surface area (TPSA) is 60.1 Å². The molecule has 110 valence electrons. The lowest BCUT2D eigenvalue weighted by molar-refractivity contribution is 0.495. The van der Waals surface area contributed by atoms with E-state index in [1.54, 1.807) is 6.26 Å². The van der Waals surface area contributed by atoms with Crippen molar-refractivity contribution in [3.8, 4) is 12.3 Å². The molecular formula is C15H16ClN3O2. The molecule has 1 atom stereocenters. The fourth-order valence-electron chi connectivity index (χ4n) is 1.93. The molecule has 0 fully saturated rings. The Balaban J connectivity index is 2.06. The van der Waals surface area contributed by atoms with Crippen molar-refractivity contribution in [1.82, 2.24) is 9.78 Å². The molecule has 0 radical (unpaired) electrons. The van der Waals surface area contributed by atoms with Crippen molar-refractivity contribution < 1.29 is 4.42 Å². The van der Waals surface area contributed by atoms with Crippen LogP contribution in [0.5, 0.6) is 0 Å². The normalized spacial score (nSPS) is 11.9. The van der Waals surface area contributed by atoms with Crippen LogP contribution in [0.15, 0.2) is 33.8 Å². The van der Waals surface area contributed by atoms with Crippen molar-refractivity contribution >= 4 is 17.3 Å². The second kappa shape index (κ2) is 7.00.